The van der Waals surface area contributed by atoms with Gasteiger partial charge in [0.15, 0.2) is 0 Å². The minimum atomic E-state index is 0.831. The van der Waals surface area contributed by atoms with E-state index in [1.807, 2.05) is 0 Å². The first-order valence-electron chi connectivity index (χ1n) is 9.92. The molecule has 0 spiro atoms. The predicted molar refractivity (Wildman–Crippen MR) is 122 cm³/mol. The molecule has 1 heterocycles. The van der Waals surface area contributed by atoms with Gasteiger partial charge in [-0.2, -0.15) is 0 Å². The fourth-order valence-corrected chi connectivity index (χ4v) is 3.90. The molecule has 29 heavy (non-hydrogen) atoms. The molecule has 0 aliphatic heterocycles. The molecule has 1 aromatic heterocycles. The molecule has 5 rings (SSSR count). The Morgan fingerprint density at radius 2 is 1.28 bits per heavy atom. The quantitative estimate of drug-likeness (QED) is 0.317. The third kappa shape index (κ3) is 3.41. The maximum absolute atomic E-state index is 2.35. The summed E-state index contributed by atoms with van der Waals surface area (Å²) in [5.41, 5.74) is 3.62. The average molecular weight is 374 g/mol. The molecule has 2 nitrogen and oxygen atoms in total. The van der Waals surface area contributed by atoms with Crippen molar-refractivity contribution in [2.45, 2.75) is 6.54 Å². The van der Waals surface area contributed by atoms with Crippen molar-refractivity contribution in [3.05, 3.63) is 127 Å². The van der Waals surface area contributed by atoms with Crippen LogP contribution in [0.1, 0.15) is 5.56 Å². The molecule has 0 aliphatic carbocycles. The van der Waals surface area contributed by atoms with Crippen molar-refractivity contribution in [2.75, 3.05) is 4.90 Å². The SMILES string of the molecule is c1ccc(Cn2cccc2N(c2ccccc2)c2cccc3ccccc23)cc1. The van der Waals surface area contributed by atoms with Gasteiger partial charge in [0.2, 0.25) is 0 Å². The second-order valence-electron chi connectivity index (χ2n) is 7.15. The van der Waals surface area contributed by atoms with Crippen LogP contribution in [0.15, 0.2) is 121 Å². The number of nitrogens with zero attached hydrogens (tertiary/aromatic N) is 2. The van der Waals surface area contributed by atoms with Crippen LogP contribution in [0.4, 0.5) is 17.2 Å². The number of fused-ring (bicyclic) bond motifs is 1. The van der Waals surface area contributed by atoms with E-state index in [1.54, 1.807) is 0 Å². The average Bonchev–Trinajstić information content (AvgIpc) is 3.23. The van der Waals surface area contributed by atoms with Gasteiger partial charge in [-0.05, 0) is 41.3 Å². The van der Waals surface area contributed by atoms with E-state index in [2.05, 4.69) is 131 Å². The van der Waals surface area contributed by atoms with E-state index in [-0.39, 0.29) is 0 Å². The standard InChI is InChI=1S/C27H22N2/c1-3-11-22(12-4-1)21-28-20-10-19-27(28)29(24-15-5-2-6-16-24)26-18-9-14-23-13-7-8-17-25(23)26/h1-20H,21H2. The van der Waals surface area contributed by atoms with Gasteiger partial charge in [-0.15, -0.1) is 0 Å². The lowest BCUT2D eigenvalue weighted by Crippen LogP contribution is -2.15. The van der Waals surface area contributed by atoms with Gasteiger partial charge in [0.05, 0.1) is 5.69 Å². The van der Waals surface area contributed by atoms with Crippen LogP contribution in [0.5, 0.6) is 0 Å². The van der Waals surface area contributed by atoms with Gasteiger partial charge in [0, 0.05) is 23.8 Å². The Hall–Kier alpha value is -3.78. The summed E-state index contributed by atoms with van der Waals surface area (Å²) in [7, 11) is 0. The van der Waals surface area contributed by atoms with Crippen LogP contribution in [-0.4, -0.2) is 4.57 Å². The van der Waals surface area contributed by atoms with E-state index in [1.165, 1.54) is 22.0 Å². The molecular weight excluding hydrogens is 352 g/mol. The van der Waals surface area contributed by atoms with Crippen LogP contribution >= 0.6 is 0 Å². The second kappa shape index (κ2) is 7.69. The van der Waals surface area contributed by atoms with Crippen LogP contribution in [0.3, 0.4) is 0 Å². The van der Waals surface area contributed by atoms with Gasteiger partial charge in [-0.1, -0.05) is 84.9 Å². The molecule has 0 saturated heterocycles. The summed E-state index contributed by atoms with van der Waals surface area (Å²) in [4.78, 5) is 2.35. The molecule has 0 saturated carbocycles. The molecule has 0 radical (unpaired) electrons. The Morgan fingerprint density at radius 3 is 2.10 bits per heavy atom. The largest absolute Gasteiger partial charge is 0.330 e. The van der Waals surface area contributed by atoms with Crippen molar-refractivity contribution in [3.63, 3.8) is 0 Å². The zero-order valence-electron chi connectivity index (χ0n) is 16.1. The third-order valence-electron chi connectivity index (χ3n) is 5.25. The Balaban J connectivity index is 1.68. The van der Waals surface area contributed by atoms with E-state index in [0.717, 1.165) is 18.1 Å². The number of para-hydroxylation sites is 1. The van der Waals surface area contributed by atoms with Crippen molar-refractivity contribution in [2.24, 2.45) is 0 Å². The van der Waals surface area contributed by atoms with Gasteiger partial charge in [0.1, 0.15) is 5.82 Å². The lowest BCUT2D eigenvalue weighted by molar-refractivity contribution is 0.802. The maximum atomic E-state index is 2.35. The van der Waals surface area contributed by atoms with Crippen molar-refractivity contribution in [1.82, 2.24) is 4.57 Å². The predicted octanol–water partition coefficient (Wildman–Crippen LogP) is 7.16. The third-order valence-corrected chi connectivity index (χ3v) is 5.25. The Labute approximate surface area is 171 Å². The van der Waals surface area contributed by atoms with Gasteiger partial charge in [0.25, 0.3) is 0 Å². The summed E-state index contributed by atoms with van der Waals surface area (Å²) >= 11 is 0. The number of aromatic nitrogens is 1. The van der Waals surface area contributed by atoms with Gasteiger partial charge >= 0.3 is 0 Å². The monoisotopic (exact) mass is 374 g/mol. The highest BCUT2D eigenvalue weighted by atomic mass is 15.2. The molecule has 0 aliphatic rings. The summed E-state index contributed by atoms with van der Waals surface area (Å²) < 4.78 is 2.31. The molecule has 0 fully saturated rings. The fraction of sp³-hybridized carbons (Fsp3) is 0.0370. The molecule has 0 atom stereocenters. The number of hydrogen-bond acceptors (Lipinski definition) is 1. The van der Waals surface area contributed by atoms with E-state index in [0.29, 0.717) is 0 Å². The van der Waals surface area contributed by atoms with Crippen LogP contribution in [0, 0.1) is 0 Å². The summed E-state index contributed by atoms with van der Waals surface area (Å²) in [6.45, 7) is 0.831. The summed E-state index contributed by atoms with van der Waals surface area (Å²) in [6.07, 6.45) is 2.16. The minimum Gasteiger partial charge on any atom is -0.330 e. The number of rotatable bonds is 5. The van der Waals surface area contributed by atoms with Gasteiger partial charge in [-0.25, -0.2) is 0 Å². The first kappa shape index (κ1) is 17.3. The van der Waals surface area contributed by atoms with Gasteiger partial charge in [-0.3, -0.25) is 4.90 Å². The summed E-state index contributed by atoms with van der Waals surface area (Å²) in [6, 6.07) is 40.6. The topological polar surface area (TPSA) is 8.17 Å². The highest BCUT2D eigenvalue weighted by Crippen LogP contribution is 2.38. The van der Waals surface area contributed by atoms with E-state index >= 15 is 0 Å². The summed E-state index contributed by atoms with van der Waals surface area (Å²) in [5.74, 6) is 1.15. The first-order valence-corrected chi connectivity index (χ1v) is 9.92. The van der Waals surface area contributed by atoms with Gasteiger partial charge < -0.3 is 4.57 Å². The maximum Gasteiger partial charge on any atom is 0.117 e. The molecule has 0 unspecified atom stereocenters. The number of anilines is 3. The van der Waals surface area contributed by atoms with Crippen molar-refractivity contribution >= 4 is 28.0 Å². The zero-order chi connectivity index (χ0) is 19.5. The van der Waals surface area contributed by atoms with E-state index in [9.17, 15) is 0 Å². The van der Waals surface area contributed by atoms with Crippen LogP contribution in [0.25, 0.3) is 10.8 Å². The minimum absolute atomic E-state index is 0.831. The Morgan fingerprint density at radius 1 is 0.586 bits per heavy atom. The van der Waals surface area contributed by atoms with E-state index < -0.39 is 0 Å². The second-order valence-corrected chi connectivity index (χ2v) is 7.15. The molecule has 0 N–H and O–H groups in total. The molecule has 5 aromatic rings. The Bertz CT molecular complexity index is 1220. The lowest BCUT2D eigenvalue weighted by Gasteiger charge is -2.28. The summed E-state index contributed by atoms with van der Waals surface area (Å²) in [5, 5.41) is 2.48. The molecular formula is C27H22N2. The smallest absolute Gasteiger partial charge is 0.117 e. The highest BCUT2D eigenvalue weighted by Gasteiger charge is 2.17. The van der Waals surface area contributed by atoms with Crippen LogP contribution < -0.4 is 4.90 Å². The molecule has 0 bridgehead atoms. The normalized spacial score (nSPS) is 10.9. The molecule has 4 aromatic carbocycles. The fourth-order valence-electron chi connectivity index (χ4n) is 3.90. The number of benzene rings is 4. The van der Waals surface area contributed by atoms with Crippen LogP contribution in [-0.2, 0) is 6.54 Å². The van der Waals surface area contributed by atoms with E-state index in [4.69, 9.17) is 0 Å². The zero-order valence-corrected chi connectivity index (χ0v) is 16.1. The molecule has 2 heteroatoms. The van der Waals surface area contributed by atoms with Crippen LogP contribution in [0.2, 0.25) is 0 Å². The molecule has 140 valence electrons. The Kier molecular flexibility index (Phi) is 4.59. The van der Waals surface area contributed by atoms with Crippen molar-refractivity contribution in [3.8, 4) is 0 Å². The number of hydrogen-bond donors (Lipinski definition) is 0. The molecule has 0 amide bonds. The first-order chi connectivity index (χ1) is 14.4. The van der Waals surface area contributed by atoms with Crippen molar-refractivity contribution < 1.29 is 0 Å². The highest BCUT2D eigenvalue weighted by molar-refractivity contribution is 5.98. The van der Waals surface area contributed by atoms with Crippen molar-refractivity contribution in [1.29, 1.82) is 0 Å². The lowest BCUT2D eigenvalue weighted by atomic mass is 10.1.